The Morgan fingerprint density at radius 2 is 1.45 bits per heavy atom. The van der Waals surface area contributed by atoms with Crippen molar-refractivity contribution in [3.8, 4) is 11.5 Å². The van der Waals surface area contributed by atoms with Gasteiger partial charge in [0, 0.05) is 6.04 Å². The molecule has 2 aromatic carbocycles. The van der Waals surface area contributed by atoms with Crippen molar-refractivity contribution in [3.63, 3.8) is 0 Å². The van der Waals surface area contributed by atoms with Gasteiger partial charge in [0.2, 0.25) is 5.91 Å². The highest BCUT2D eigenvalue weighted by atomic mass is 16.3. The molecule has 22 heavy (non-hydrogen) atoms. The molecule has 2 aromatic rings. The van der Waals surface area contributed by atoms with Gasteiger partial charge in [0.15, 0.2) is 0 Å². The maximum Gasteiger partial charge on any atom is 0.224 e. The summed E-state index contributed by atoms with van der Waals surface area (Å²) in [5.74, 6) is 0.439. The van der Waals surface area contributed by atoms with Crippen LogP contribution in [-0.4, -0.2) is 22.2 Å². The van der Waals surface area contributed by atoms with Crippen LogP contribution in [0.5, 0.6) is 11.5 Å². The molecule has 3 N–H and O–H groups in total. The molecule has 1 unspecified atom stereocenters. The monoisotopic (exact) mass is 299 g/mol. The van der Waals surface area contributed by atoms with E-state index in [0.717, 1.165) is 24.0 Å². The summed E-state index contributed by atoms with van der Waals surface area (Å²) in [6, 6.07) is 13.9. The number of aryl methyl sites for hydroxylation is 1. The molecule has 0 bridgehead atoms. The number of phenolic OH excluding ortho intramolecular Hbond substituents is 2. The zero-order chi connectivity index (χ0) is 15.9. The lowest BCUT2D eigenvalue weighted by atomic mass is 10.1. The summed E-state index contributed by atoms with van der Waals surface area (Å²) in [5, 5.41) is 21.4. The molecule has 0 saturated carbocycles. The lowest BCUT2D eigenvalue weighted by Gasteiger charge is -2.14. The molecule has 1 amide bonds. The Hall–Kier alpha value is -2.49. The van der Waals surface area contributed by atoms with E-state index in [1.165, 1.54) is 0 Å². The predicted octanol–water partition coefficient (Wildman–Crippen LogP) is 2.78. The van der Waals surface area contributed by atoms with Gasteiger partial charge in [-0.3, -0.25) is 4.79 Å². The quantitative estimate of drug-likeness (QED) is 0.768. The summed E-state index contributed by atoms with van der Waals surface area (Å²) in [5.41, 5.74) is 2.01. The van der Waals surface area contributed by atoms with Crippen molar-refractivity contribution in [1.29, 1.82) is 0 Å². The highest BCUT2D eigenvalue weighted by Gasteiger charge is 2.08. The van der Waals surface area contributed by atoms with E-state index in [0.29, 0.717) is 6.42 Å². The number of carbonyl (C=O) groups excluding carboxylic acids is 1. The first-order valence-corrected chi connectivity index (χ1v) is 7.38. The Morgan fingerprint density at radius 3 is 2.00 bits per heavy atom. The number of benzene rings is 2. The van der Waals surface area contributed by atoms with Crippen LogP contribution in [0.1, 0.15) is 24.5 Å². The van der Waals surface area contributed by atoms with Crippen molar-refractivity contribution >= 4 is 5.91 Å². The SMILES string of the molecule is CC(CCc1ccc(O)cc1)NC(=O)Cc1ccc(O)cc1. The lowest BCUT2D eigenvalue weighted by Crippen LogP contribution is -2.34. The fraction of sp³-hybridized carbons (Fsp3) is 0.278. The van der Waals surface area contributed by atoms with Gasteiger partial charge in [-0.15, -0.1) is 0 Å². The molecule has 0 heterocycles. The number of amides is 1. The Balaban J connectivity index is 1.76. The molecule has 4 heteroatoms. The van der Waals surface area contributed by atoms with Crippen LogP contribution in [0.25, 0.3) is 0 Å². The number of rotatable bonds is 6. The molecular formula is C18H21NO3. The van der Waals surface area contributed by atoms with E-state index in [1.807, 2.05) is 19.1 Å². The van der Waals surface area contributed by atoms with Gasteiger partial charge in [-0.05, 0) is 55.2 Å². The predicted molar refractivity (Wildman–Crippen MR) is 85.8 cm³/mol. The highest BCUT2D eigenvalue weighted by molar-refractivity contribution is 5.78. The topological polar surface area (TPSA) is 69.6 Å². The van der Waals surface area contributed by atoms with Crippen molar-refractivity contribution < 1.29 is 15.0 Å². The van der Waals surface area contributed by atoms with Gasteiger partial charge in [0.25, 0.3) is 0 Å². The third-order valence-electron chi connectivity index (χ3n) is 3.51. The molecule has 0 spiro atoms. The lowest BCUT2D eigenvalue weighted by molar-refractivity contribution is -0.121. The van der Waals surface area contributed by atoms with Crippen LogP contribution >= 0.6 is 0 Å². The van der Waals surface area contributed by atoms with E-state index in [1.54, 1.807) is 36.4 Å². The largest absolute Gasteiger partial charge is 0.508 e. The second kappa shape index (κ2) is 7.50. The second-order valence-corrected chi connectivity index (χ2v) is 5.52. The molecule has 2 rings (SSSR count). The van der Waals surface area contributed by atoms with Crippen LogP contribution in [0.3, 0.4) is 0 Å². The van der Waals surface area contributed by atoms with E-state index in [9.17, 15) is 15.0 Å². The van der Waals surface area contributed by atoms with Crippen LogP contribution < -0.4 is 5.32 Å². The maximum absolute atomic E-state index is 12.0. The van der Waals surface area contributed by atoms with Crippen LogP contribution in [0.15, 0.2) is 48.5 Å². The Labute approximate surface area is 130 Å². The van der Waals surface area contributed by atoms with Crippen molar-refractivity contribution in [2.45, 2.75) is 32.2 Å². The molecule has 1 atom stereocenters. The number of hydrogen-bond acceptors (Lipinski definition) is 3. The smallest absolute Gasteiger partial charge is 0.224 e. The van der Waals surface area contributed by atoms with Crippen LogP contribution in [-0.2, 0) is 17.6 Å². The van der Waals surface area contributed by atoms with Gasteiger partial charge in [0.1, 0.15) is 11.5 Å². The average molecular weight is 299 g/mol. The zero-order valence-electron chi connectivity index (χ0n) is 12.6. The Morgan fingerprint density at radius 1 is 0.955 bits per heavy atom. The van der Waals surface area contributed by atoms with E-state index in [-0.39, 0.29) is 23.4 Å². The zero-order valence-corrected chi connectivity index (χ0v) is 12.6. The number of phenols is 2. The standard InChI is InChI=1S/C18H21NO3/c1-13(2-3-14-4-8-16(20)9-5-14)19-18(22)12-15-6-10-17(21)11-7-15/h4-11,13,20-21H,2-3,12H2,1H3,(H,19,22). The van der Waals surface area contributed by atoms with Crippen molar-refractivity contribution in [3.05, 3.63) is 59.7 Å². The molecular weight excluding hydrogens is 278 g/mol. The molecule has 0 aliphatic carbocycles. The van der Waals surface area contributed by atoms with Gasteiger partial charge >= 0.3 is 0 Å². The summed E-state index contributed by atoms with van der Waals surface area (Å²) in [4.78, 5) is 12.0. The minimum atomic E-state index is -0.0242. The van der Waals surface area contributed by atoms with E-state index < -0.39 is 0 Å². The average Bonchev–Trinajstić information content (AvgIpc) is 2.49. The van der Waals surface area contributed by atoms with Crippen LogP contribution in [0, 0.1) is 0 Å². The fourth-order valence-electron chi connectivity index (χ4n) is 2.24. The van der Waals surface area contributed by atoms with E-state index >= 15 is 0 Å². The summed E-state index contributed by atoms with van der Waals surface area (Å²) >= 11 is 0. The molecule has 0 aliphatic rings. The molecule has 4 nitrogen and oxygen atoms in total. The maximum atomic E-state index is 12.0. The Bertz CT molecular complexity index is 605. The van der Waals surface area contributed by atoms with Crippen molar-refractivity contribution in [1.82, 2.24) is 5.32 Å². The number of nitrogens with one attached hydrogen (secondary N) is 1. The van der Waals surface area contributed by atoms with E-state index in [4.69, 9.17) is 0 Å². The van der Waals surface area contributed by atoms with Crippen LogP contribution in [0.2, 0.25) is 0 Å². The van der Waals surface area contributed by atoms with Gasteiger partial charge in [-0.2, -0.15) is 0 Å². The second-order valence-electron chi connectivity index (χ2n) is 5.52. The van der Waals surface area contributed by atoms with Gasteiger partial charge in [-0.25, -0.2) is 0 Å². The number of aromatic hydroxyl groups is 2. The van der Waals surface area contributed by atoms with Gasteiger partial charge < -0.3 is 15.5 Å². The minimum Gasteiger partial charge on any atom is -0.508 e. The normalized spacial score (nSPS) is 11.9. The first kappa shape index (κ1) is 15.9. The fourth-order valence-corrected chi connectivity index (χ4v) is 2.24. The summed E-state index contributed by atoms with van der Waals surface area (Å²) in [6.45, 7) is 1.98. The van der Waals surface area contributed by atoms with Crippen molar-refractivity contribution in [2.75, 3.05) is 0 Å². The first-order valence-electron chi connectivity index (χ1n) is 7.38. The number of carbonyl (C=O) groups is 1. The van der Waals surface area contributed by atoms with E-state index in [2.05, 4.69) is 5.32 Å². The third kappa shape index (κ3) is 5.13. The molecule has 0 aromatic heterocycles. The summed E-state index contributed by atoms with van der Waals surface area (Å²) in [7, 11) is 0. The third-order valence-corrected chi connectivity index (χ3v) is 3.51. The molecule has 0 radical (unpaired) electrons. The molecule has 116 valence electrons. The van der Waals surface area contributed by atoms with Crippen molar-refractivity contribution in [2.24, 2.45) is 0 Å². The van der Waals surface area contributed by atoms with Crippen LogP contribution in [0.4, 0.5) is 0 Å². The summed E-state index contributed by atoms with van der Waals surface area (Å²) < 4.78 is 0. The molecule has 0 fully saturated rings. The minimum absolute atomic E-state index is 0.0242. The van der Waals surface area contributed by atoms with Gasteiger partial charge in [-0.1, -0.05) is 24.3 Å². The first-order chi connectivity index (χ1) is 10.5. The number of hydrogen-bond donors (Lipinski definition) is 3. The van der Waals surface area contributed by atoms with Gasteiger partial charge in [0.05, 0.1) is 6.42 Å². The summed E-state index contributed by atoms with van der Waals surface area (Å²) in [6.07, 6.45) is 2.00. The highest BCUT2D eigenvalue weighted by Crippen LogP contribution is 2.12. The molecule has 0 saturated heterocycles. The Kier molecular flexibility index (Phi) is 5.42. The molecule has 0 aliphatic heterocycles.